The van der Waals surface area contributed by atoms with Crippen LogP contribution in [0.5, 0.6) is 0 Å². The van der Waals surface area contributed by atoms with Crippen molar-refractivity contribution in [3.63, 3.8) is 0 Å². The highest BCUT2D eigenvalue weighted by Crippen LogP contribution is 2.15. The summed E-state index contributed by atoms with van der Waals surface area (Å²) in [6, 6.07) is 0.312. The lowest BCUT2D eigenvalue weighted by Crippen LogP contribution is -2.14. The fourth-order valence-corrected chi connectivity index (χ4v) is 1.78. The van der Waals surface area contributed by atoms with Crippen LogP contribution in [-0.2, 0) is 13.5 Å². The molecule has 14 heavy (non-hydrogen) atoms. The smallest absolute Gasteiger partial charge is 0.0628 e. The molecule has 1 aromatic heterocycles. The van der Waals surface area contributed by atoms with Crippen molar-refractivity contribution < 1.29 is 0 Å². The molecule has 80 valence electrons. The zero-order valence-electron chi connectivity index (χ0n) is 9.67. The normalized spacial score (nSPS) is 13.2. The van der Waals surface area contributed by atoms with Crippen LogP contribution in [0.3, 0.4) is 0 Å². The first kappa shape index (κ1) is 11.2. The van der Waals surface area contributed by atoms with E-state index in [1.807, 2.05) is 11.7 Å². The summed E-state index contributed by atoms with van der Waals surface area (Å²) in [6.07, 6.45) is 3.35. The molecule has 0 amide bonds. The van der Waals surface area contributed by atoms with E-state index in [4.69, 9.17) is 5.73 Å². The maximum Gasteiger partial charge on any atom is 0.0628 e. The van der Waals surface area contributed by atoms with E-state index in [1.54, 1.807) is 0 Å². The van der Waals surface area contributed by atoms with E-state index in [1.165, 1.54) is 11.3 Å². The van der Waals surface area contributed by atoms with Crippen molar-refractivity contribution in [1.29, 1.82) is 0 Å². The Kier molecular flexibility index (Phi) is 3.69. The second-order valence-corrected chi connectivity index (χ2v) is 4.14. The summed E-state index contributed by atoms with van der Waals surface area (Å²) in [6.45, 7) is 6.26. The SMILES string of the molecule is Cc1nn(C)c(C)c1CCCC(C)N. The molecule has 0 aromatic carbocycles. The van der Waals surface area contributed by atoms with Crippen molar-refractivity contribution in [3.8, 4) is 0 Å². The van der Waals surface area contributed by atoms with Crippen LogP contribution >= 0.6 is 0 Å². The Balaban J connectivity index is 2.58. The lowest BCUT2D eigenvalue weighted by atomic mass is 10.0. The molecule has 1 aromatic rings. The monoisotopic (exact) mass is 195 g/mol. The van der Waals surface area contributed by atoms with Gasteiger partial charge in [-0.2, -0.15) is 5.10 Å². The van der Waals surface area contributed by atoms with Gasteiger partial charge in [-0.3, -0.25) is 4.68 Å². The quantitative estimate of drug-likeness (QED) is 0.794. The standard InChI is InChI=1S/C11H21N3/c1-8(12)6-5-7-11-9(2)13-14(4)10(11)3/h8H,5-7,12H2,1-4H3. The second kappa shape index (κ2) is 4.60. The molecule has 3 heteroatoms. The van der Waals surface area contributed by atoms with Crippen molar-refractivity contribution in [2.75, 3.05) is 0 Å². The Hall–Kier alpha value is -0.830. The van der Waals surface area contributed by atoms with E-state index >= 15 is 0 Å². The molecule has 0 saturated heterocycles. The second-order valence-electron chi connectivity index (χ2n) is 4.14. The summed E-state index contributed by atoms with van der Waals surface area (Å²) in [7, 11) is 2.00. The molecule has 0 aliphatic heterocycles. The van der Waals surface area contributed by atoms with Gasteiger partial charge in [0, 0.05) is 18.8 Å². The van der Waals surface area contributed by atoms with Gasteiger partial charge in [0.15, 0.2) is 0 Å². The Morgan fingerprint density at radius 3 is 2.50 bits per heavy atom. The van der Waals surface area contributed by atoms with Crippen molar-refractivity contribution in [1.82, 2.24) is 9.78 Å². The van der Waals surface area contributed by atoms with Crippen LogP contribution in [0.1, 0.15) is 36.7 Å². The van der Waals surface area contributed by atoms with Gasteiger partial charge < -0.3 is 5.73 Å². The molecule has 0 bridgehead atoms. The first-order valence-electron chi connectivity index (χ1n) is 5.27. The van der Waals surface area contributed by atoms with E-state index in [9.17, 15) is 0 Å². The van der Waals surface area contributed by atoms with Gasteiger partial charge in [0.25, 0.3) is 0 Å². The highest BCUT2D eigenvalue weighted by atomic mass is 15.3. The molecule has 1 unspecified atom stereocenters. The van der Waals surface area contributed by atoms with Crippen LogP contribution in [0.25, 0.3) is 0 Å². The Bertz CT molecular complexity index is 300. The summed E-state index contributed by atoms with van der Waals surface area (Å²) < 4.78 is 1.95. The third-order valence-corrected chi connectivity index (χ3v) is 2.75. The first-order chi connectivity index (χ1) is 6.52. The van der Waals surface area contributed by atoms with Crippen molar-refractivity contribution in [2.24, 2.45) is 12.8 Å². The van der Waals surface area contributed by atoms with Crippen LogP contribution in [-0.4, -0.2) is 15.8 Å². The molecule has 0 aliphatic rings. The average Bonchev–Trinajstić information content (AvgIpc) is 2.31. The molecule has 0 aliphatic carbocycles. The highest BCUT2D eigenvalue weighted by molar-refractivity contribution is 5.24. The van der Waals surface area contributed by atoms with E-state index in [0.29, 0.717) is 6.04 Å². The number of aryl methyl sites for hydroxylation is 2. The lowest BCUT2D eigenvalue weighted by molar-refractivity contribution is 0.622. The fraction of sp³-hybridized carbons (Fsp3) is 0.727. The van der Waals surface area contributed by atoms with Crippen LogP contribution in [0.15, 0.2) is 0 Å². The maximum atomic E-state index is 5.72. The maximum absolute atomic E-state index is 5.72. The molecular weight excluding hydrogens is 174 g/mol. The lowest BCUT2D eigenvalue weighted by Gasteiger charge is -2.05. The van der Waals surface area contributed by atoms with E-state index in [-0.39, 0.29) is 0 Å². The van der Waals surface area contributed by atoms with Crippen LogP contribution < -0.4 is 5.73 Å². The summed E-state index contributed by atoms with van der Waals surface area (Å²) in [5.74, 6) is 0. The highest BCUT2D eigenvalue weighted by Gasteiger charge is 2.08. The molecule has 0 fully saturated rings. The average molecular weight is 195 g/mol. The van der Waals surface area contributed by atoms with Gasteiger partial charge >= 0.3 is 0 Å². The predicted molar refractivity (Wildman–Crippen MR) is 59.3 cm³/mol. The van der Waals surface area contributed by atoms with Gasteiger partial charge in [0.05, 0.1) is 5.69 Å². The van der Waals surface area contributed by atoms with Gasteiger partial charge in [0.2, 0.25) is 0 Å². The van der Waals surface area contributed by atoms with Crippen molar-refractivity contribution in [3.05, 3.63) is 17.0 Å². The van der Waals surface area contributed by atoms with Gasteiger partial charge in [-0.05, 0) is 45.6 Å². The largest absolute Gasteiger partial charge is 0.328 e. The Labute approximate surface area is 86.3 Å². The third-order valence-electron chi connectivity index (χ3n) is 2.75. The van der Waals surface area contributed by atoms with Crippen molar-refractivity contribution in [2.45, 2.75) is 46.1 Å². The van der Waals surface area contributed by atoms with Crippen LogP contribution in [0.2, 0.25) is 0 Å². The molecule has 3 nitrogen and oxygen atoms in total. The molecule has 1 heterocycles. The van der Waals surface area contributed by atoms with E-state index in [0.717, 1.165) is 25.0 Å². The molecular formula is C11H21N3. The third kappa shape index (κ3) is 2.58. The van der Waals surface area contributed by atoms with Gasteiger partial charge in [0.1, 0.15) is 0 Å². The number of nitrogens with two attached hydrogens (primary N) is 1. The summed E-state index contributed by atoms with van der Waals surface area (Å²) in [4.78, 5) is 0. The number of aromatic nitrogens is 2. The molecule has 0 spiro atoms. The van der Waals surface area contributed by atoms with Crippen molar-refractivity contribution >= 4 is 0 Å². The minimum absolute atomic E-state index is 0.312. The Morgan fingerprint density at radius 1 is 1.43 bits per heavy atom. The number of hydrogen-bond donors (Lipinski definition) is 1. The molecule has 0 radical (unpaired) electrons. The van der Waals surface area contributed by atoms with E-state index < -0.39 is 0 Å². The number of hydrogen-bond acceptors (Lipinski definition) is 2. The molecule has 1 atom stereocenters. The van der Waals surface area contributed by atoms with Gasteiger partial charge in [-0.25, -0.2) is 0 Å². The summed E-state index contributed by atoms with van der Waals surface area (Å²) in [5.41, 5.74) is 9.56. The number of nitrogens with zero attached hydrogens (tertiary/aromatic N) is 2. The molecule has 1 rings (SSSR count). The predicted octanol–water partition coefficient (Wildman–Crippen LogP) is 1.71. The summed E-state index contributed by atoms with van der Waals surface area (Å²) in [5, 5.41) is 4.39. The molecule has 2 N–H and O–H groups in total. The summed E-state index contributed by atoms with van der Waals surface area (Å²) >= 11 is 0. The molecule has 0 saturated carbocycles. The Morgan fingerprint density at radius 2 is 2.07 bits per heavy atom. The van der Waals surface area contributed by atoms with E-state index in [2.05, 4.69) is 25.9 Å². The number of rotatable bonds is 4. The fourth-order valence-electron chi connectivity index (χ4n) is 1.78. The first-order valence-corrected chi connectivity index (χ1v) is 5.27. The van der Waals surface area contributed by atoms with Crippen LogP contribution in [0.4, 0.5) is 0 Å². The van der Waals surface area contributed by atoms with Gasteiger partial charge in [-0.15, -0.1) is 0 Å². The zero-order valence-corrected chi connectivity index (χ0v) is 9.67. The van der Waals surface area contributed by atoms with Crippen LogP contribution in [0, 0.1) is 13.8 Å². The van der Waals surface area contributed by atoms with Gasteiger partial charge in [-0.1, -0.05) is 0 Å². The topological polar surface area (TPSA) is 43.8 Å². The zero-order chi connectivity index (χ0) is 10.7. The minimum atomic E-state index is 0.312. The minimum Gasteiger partial charge on any atom is -0.328 e.